The second kappa shape index (κ2) is 11.0. The lowest BCUT2D eigenvalue weighted by molar-refractivity contribution is 0.414. The summed E-state index contributed by atoms with van der Waals surface area (Å²) in [5, 5.41) is 0. The average Bonchev–Trinajstić information content (AvgIpc) is 2.88. The second-order valence-corrected chi connectivity index (χ2v) is 10.6. The van der Waals surface area contributed by atoms with E-state index in [-0.39, 0.29) is 9.90 Å². The molecule has 0 unspecified atom stereocenters. The number of hydrogen-bond acceptors (Lipinski definition) is 4. The van der Waals surface area contributed by atoms with Crippen molar-refractivity contribution in [2.75, 3.05) is 25.7 Å². The van der Waals surface area contributed by atoms with Crippen molar-refractivity contribution in [2.24, 2.45) is 0 Å². The van der Waals surface area contributed by atoms with Crippen molar-refractivity contribution in [3.05, 3.63) is 114 Å². The van der Waals surface area contributed by atoms with Crippen LogP contribution in [0.25, 0.3) is 5.57 Å². The number of ether oxygens (including phenoxy) is 2. The normalized spacial score (nSPS) is 15.2. The van der Waals surface area contributed by atoms with Gasteiger partial charge in [-0.05, 0) is 76.6 Å². The second-order valence-electron chi connectivity index (χ2n) is 7.62. The van der Waals surface area contributed by atoms with Gasteiger partial charge in [0.05, 0.1) is 14.2 Å². The Kier molecular flexibility index (Phi) is 7.84. The fourth-order valence-corrected chi connectivity index (χ4v) is 6.92. The summed E-state index contributed by atoms with van der Waals surface area (Å²) in [4.78, 5) is 0. The Morgan fingerprint density at radius 3 is 1.79 bits per heavy atom. The first-order valence-electron chi connectivity index (χ1n) is 10.9. The van der Waals surface area contributed by atoms with Crippen LogP contribution in [-0.4, -0.2) is 25.7 Å². The maximum absolute atomic E-state index is 13.6. The number of benzene rings is 3. The molecular weight excluding hydrogens is 451 g/mol. The fraction of sp³-hybridized carbons (Fsp3) is 0.214. The van der Waals surface area contributed by atoms with Crippen LogP contribution in [-0.2, 0) is 4.08 Å². The third-order valence-corrected chi connectivity index (χ3v) is 8.84. The highest BCUT2D eigenvalue weighted by Crippen LogP contribution is 2.51. The predicted molar refractivity (Wildman–Crippen MR) is 140 cm³/mol. The van der Waals surface area contributed by atoms with Crippen molar-refractivity contribution in [3.8, 4) is 11.5 Å². The average molecular weight is 479 g/mol. The van der Waals surface area contributed by atoms with E-state index in [9.17, 15) is 4.39 Å². The molecule has 5 heteroatoms. The van der Waals surface area contributed by atoms with Crippen molar-refractivity contribution >= 4 is 29.1 Å². The molecule has 0 saturated carbocycles. The van der Waals surface area contributed by atoms with Crippen molar-refractivity contribution in [1.29, 1.82) is 0 Å². The molecule has 0 radical (unpaired) electrons. The van der Waals surface area contributed by atoms with E-state index in [1.165, 1.54) is 6.42 Å². The Morgan fingerprint density at radius 1 is 0.788 bits per heavy atom. The number of hydrogen-bond donors (Lipinski definition) is 0. The molecule has 1 heterocycles. The molecule has 0 amide bonds. The lowest BCUT2D eigenvalue weighted by Crippen LogP contribution is -2.20. The molecule has 0 aromatic heterocycles. The van der Waals surface area contributed by atoms with Gasteiger partial charge in [-0.25, -0.2) is 4.39 Å². The highest BCUT2D eigenvalue weighted by Gasteiger charge is 2.32. The number of allylic oxidation sites excluding steroid dienone is 2. The summed E-state index contributed by atoms with van der Waals surface area (Å²) in [5.74, 6) is 3.62. The van der Waals surface area contributed by atoms with Gasteiger partial charge in [-0.1, -0.05) is 54.6 Å². The van der Waals surface area contributed by atoms with Crippen molar-refractivity contribution in [2.45, 2.75) is 10.5 Å². The van der Waals surface area contributed by atoms with Gasteiger partial charge in [0.25, 0.3) is 0 Å². The van der Waals surface area contributed by atoms with Crippen LogP contribution < -0.4 is 9.47 Å². The van der Waals surface area contributed by atoms with Crippen LogP contribution in [0.4, 0.5) is 4.39 Å². The first-order chi connectivity index (χ1) is 16.1. The molecule has 4 rings (SSSR count). The molecule has 0 atom stereocenters. The SMILES string of the molecule is COc1ccc(C(=C/C=C/C2(c3ccc(F)cc3)SCCCS2)c2ccc(OC)cc2)cc1. The van der Waals surface area contributed by atoms with Crippen LogP contribution in [0.2, 0.25) is 0 Å². The lowest BCUT2D eigenvalue weighted by Gasteiger charge is -2.34. The van der Waals surface area contributed by atoms with Crippen LogP contribution in [0.5, 0.6) is 11.5 Å². The van der Waals surface area contributed by atoms with Crippen molar-refractivity contribution < 1.29 is 13.9 Å². The van der Waals surface area contributed by atoms with E-state index in [0.717, 1.165) is 45.3 Å². The molecule has 0 spiro atoms. The molecule has 1 aliphatic rings. The molecule has 1 aliphatic heterocycles. The number of rotatable bonds is 7. The first-order valence-corrected chi connectivity index (χ1v) is 12.8. The van der Waals surface area contributed by atoms with E-state index in [2.05, 4.69) is 42.5 Å². The maximum atomic E-state index is 13.6. The molecular formula is C28H27FO2S2. The van der Waals surface area contributed by atoms with Gasteiger partial charge in [0.2, 0.25) is 0 Å². The lowest BCUT2D eigenvalue weighted by atomic mass is 9.97. The molecule has 3 aromatic rings. The van der Waals surface area contributed by atoms with Gasteiger partial charge in [0.15, 0.2) is 0 Å². The molecule has 33 heavy (non-hydrogen) atoms. The summed E-state index contributed by atoms with van der Waals surface area (Å²) in [5.41, 5.74) is 4.44. The number of thioether (sulfide) groups is 2. The predicted octanol–water partition coefficient (Wildman–Crippen LogP) is 7.55. The smallest absolute Gasteiger partial charge is 0.123 e. The molecule has 2 nitrogen and oxygen atoms in total. The van der Waals surface area contributed by atoms with Gasteiger partial charge in [-0.15, -0.1) is 23.5 Å². The van der Waals surface area contributed by atoms with E-state index < -0.39 is 0 Å². The third kappa shape index (κ3) is 5.66. The van der Waals surface area contributed by atoms with Gasteiger partial charge in [-0.3, -0.25) is 0 Å². The van der Waals surface area contributed by atoms with E-state index >= 15 is 0 Å². The Hall–Kier alpha value is -2.63. The first kappa shape index (κ1) is 23.5. The van der Waals surface area contributed by atoms with Crippen molar-refractivity contribution in [1.82, 2.24) is 0 Å². The number of halogens is 1. The van der Waals surface area contributed by atoms with Crippen LogP contribution in [0.15, 0.2) is 91.0 Å². The van der Waals surface area contributed by atoms with Crippen LogP contribution in [0, 0.1) is 5.82 Å². The number of methoxy groups -OCH3 is 2. The zero-order chi connectivity index (χ0) is 23.1. The van der Waals surface area contributed by atoms with E-state index in [1.54, 1.807) is 26.4 Å². The summed E-state index contributed by atoms with van der Waals surface area (Å²) in [6.45, 7) is 0. The molecule has 170 valence electrons. The van der Waals surface area contributed by atoms with Crippen LogP contribution >= 0.6 is 23.5 Å². The summed E-state index contributed by atoms with van der Waals surface area (Å²) < 4.78 is 24.0. The third-order valence-electron chi connectivity index (χ3n) is 5.55. The van der Waals surface area contributed by atoms with Gasteiger partial charge < -0.3 is 9.47 Å². The molecule has 0 bridgehead atoms. The Balaban J connectivity index is 1.72. The highest BCUT2D eigenvalue weighted by molar-refractivity contribution is 8.18. The minimum absolute atomic E-state index is 0.204. The Labute approximate surface area is 203 Å². The molecule has 1 fully saturated rings. The largest absolute Gasteiger partial charge is 0.497 e. The molecule has 0 aliphatic carbocycles. The standard InChI is InChI=1S/C28H27FO2S2/c1-30-25-14-6-21(7-15-25)27(22-8-16-26(31-2)17-9-22)5-3-18-28(32-19-4-20-33-28)23-10-12-24(29)13-11-23/h3,5-18H,4,19-20H2,1-2H3/b18-3+. The van der Waals surface area contributed by atoms with Gasteiger partial charge in [0.1, 0.15) is 21.4 Å². The molecule has 3 aromatic carbocycles. The van der Waals surface area contributed by atoms with Gasteiger partial charge in [-0.2, -0.15) is 0 Å². The zero-order valence-electron chi connectivity index (χ0n) is 18.8. The minimum Gasteiger partial charge on any atom is -0.497 e. The Morgan fingerprint density at radius 2 is 1.30 bits per heavy atom. The van der Waals surface area contributed by atoms with Crippen molar-refractivity contribution in [3.63, 3.8) is 0 Å². The summed E-state index contributed by atoms with van der Waals surface area (Å²) in [7, 11) is 3.35. The molecule has 1 saturated heterocycles. The highest BCUT2D eigenvalue weighted by atomic mass is 32.2. The van der Waals surface area contributed by atoms with Gasteiger partial charge in [0, 0.05) is 0 Å². The quantitative estimate of drug-likeness (QED) is 0.326. The summed E-state index contributed by atoms with van der Waals surface area (Å²) >= 11 is 3.83. The summed E-state index contributed by atoms with van der Waals surface area (Å²) in [6, 6.07) is 23.1. The monoisotopic (exact) mass is 478 g/mol. The summed E-state index contributed by atoms with van der Waals surface area (Å²) in [6.07, 6.45) is 7.73. The van der Waals surface area contributed by atoms with E-state index in [1.807, 2.05) is 59.9 Å². The van der Waals surface area contributed by atoms with E-state index in [0.29, 0.717) is 0 Å². The Bertz CT molecular complexity index is 1050. The van der Waals surface area contributed by atoms with Crippen LogP contribution in [0.3, 0.4) is 0 Å². The van der Waals surface area contributed by atoms with Crippen LogP contribution in [0.1, 0.15) is 23.1 Å². The van der Waals surface area contributed by atoms with E-state index in [4.69, 9.17) is 9.47 Å². The fourth-order valence-electron chi connectivity index (χ4n) is 3.76. The zero-order valence-corrected chi connectivity index (χ0v) is 20.4. The maximum Gasteiger partial charge on any atom is 0.123 e. The minimum atomic E-state index is -0.215. The topological polar surface area (TPSA) is 18.5 Å². The van der Waals surface area contributed by atoms with Gasteiger partial charge >= 0.3 is 0 Å². The molecule has 0 N–H and O–H groups in total.